The number of aromatic nitrogens is 3. The van der Waals surface area contributed by atoms with Gasteiger partial charge in [-0.2, -0.15) is 5.10 Å². The SMILES string of the molecule is Cc1cc2nc(C)c(CCC(=O)Nc3cccc(S(=O)(=O)N(C)C)c3)c(C)n2n1. The van der Waals surface area contributed by atoms with Gasteiger partial charge in [0.05, 0.1) is 10.6 Å². The fourth-order valence-electron chi connectivity index (χ4n) is 3.21. The van der Waals surface area contributed by atoms with Crippen LogP contribution in [0, 0.1) is 20.8 Å². The van der Waals surface area contributed by atoms with Crippen molar-refractivity contribution < 1.29 is 13.2 Å². The van der Waals surface area contributed by atoms with Crippen molar-refractivity contribution in [1.29, 1.82) is 0 Å². The molecule has 154 valence electrons. The predicted molar refractivity (Wildman–Crippen MR) is 111 cm³/mol. The first-order valence-corrected chi connectivity index (χ1v) is 10.7. The van der Waals surface area contributed by atoms with Crippen LogP contribution in [0.1, 0.15) is 29.1 Å². The van der Waals surface area contributed by atoms with Crippen LogP contribution in [0.3, 0.4) is 0 Å². The Morgan fingerprint density at radius 1 is 1.17 bits per heavy atom. The van der Waals surface area contributed by atoms with Crippen LogP contribution in [0.5, 0.6) is 0 Å². The van der Waals surface area contributed by atoms with Crippen LogP contribution in [-0.4, -0.2) is 47.3 Å². The Hall–Kier alpha value is -2.78. The minimum absolute atomic E-state index is 0.135. The van der Waals surface area contributed by atoms with Gasteiger partial charge in [0.25, 0.3) is 0 Å². The number of carbonyl (C=O) groups excluding carboxylic acids is 1. The third-order valence-corrected chi connectivity index (χ3v) is 6.60. The van der Waals surface area contributed by atoms with E-state index in [1.807, 2.05) is 26.8 Å². The molecule has 2 aromatic heterocycles. The number of aryl methyl sites for hydroxylation is 3. The zero-order valence-electron chi connectivity index (χ0n) is 17.2. The van der Waals surface area contributed by atoms with Crippen molar-refractivity contribution in [2.24, 2.45) is 0 Å². The van der Waals surface area contributed by atoms with Gasteiger partial charge in [-0.15, -0.1) is 0 Å². The molecule has 0 spiro atoms. The van der Waals surface area contributed by atoms with Crippen LogP contribution in [0.4, 0.5) is 5.69 Å². The zero-order chi connectivity index (χ0) is 21.3. The van der Waals surface area contributed by atoms with E-state index in [0.717, 1.165) is 32.6 Å². The minimum atomic E-state index is -3.56. The summed E-state index contributed by atoms with van der Waals surface area (Å²) in [5, 5.41) is 7.23. The fourth-order valence-corrected chi connectivity index (χ4v) is 4.16. The van der Waals surface area contributed by atoms with Crippen molar-refractivity contribution in [2.75, 3.05) is 19.4 Å². The number of hydrogen-bond donors (Lipinski definition) is 1. The van der Waals surface area contributed by atoms with E-state index < -0.39 is 10.0 Å². The maximum atomic E-state index is 12.5. The fraction of sp³-hybridized carbons (Fsp3) is 0.350. The summed E-state index contributed by atoms with van der Waals surface area (Å²) in [5.41, 5.74) is 4.96. The van der Waals surface area contributed by atoms with E-state index in [1.165, 1.54) is 26.2 Å². The highest BCUT2D eigenvalue weighted by Gasteiger charge is 2.18. The molecule has 0 fully saturated rings. The van der Waals surface area contributed by atoms with E-state index in [9.17, 15) is 13.2 Å². The van der Waals surface area contributed by atoms with E-state index in [2.05, 4.69) is 15.4 Å². The van der Waals surface area contributed by atoms with Crippen LogP contribution in [0.25, 0.3) is 5.65 Å². The van der Waals surface area contributed by atoms with Crippen molar-refractivity contribution in [3.05, 3.63) is 53.0 Å². The molecular formula is C20H25N5O3S. The first-order valence-electron chi connectivity index (χ1n) is 9.24. The molecule has 1 amide bonds. The van der Waals surface area contributed by atoms with Crippen molar-refractivity contribution in [3.63, 3.8) is 0 Å². The number of nitrogens with one attached hydrogen (secondary N) is 1. The largest absolute Gasteiger partial charge is 0.326 e. The lowest BCUT2D eigenvalue weighted by atomic mass is 10.1. The van der Waals surface area contributed by atoms with Gasteiger partial charge >= 0.3 is 0 Å². The molecule has 0 unspecified atom stereocenters. The van der Waals surface area contributed by atoms with E-state index in [4.69, 9.17) is 0 Å². The highest BCUT2D eigenvalue weighted by Crippen LogP contribution is 2.20. The molecule has 3 rings (SSSR count). The predicted octanol–water partition coefficient (Wildman–Crippen LogP) is 2.48. The van der Waals surface area contributed by atoms with Crippen LogP contribution in [0.15, 0.2) is 35.2 Å². The van der Waals surface area contributed by atoms with Crippen LogP contribution < -0.4 is 5.32 Å². The first-order chi connectivity index (χ1) is 13.6. The summed E-state index contributed by atoms with van der Waals surface area (Å²) < 4.78 is 27.5. The van der Waals surface area contributed by atoms with Gasteiger partial charge in [0.1, 0.15) is 0 Å². The average molecular weight is 416 g/mol. The maximum Gasteiger partial charge on any atom is 0.242 e. The number of sulfonamides is 1. The number of nitrogens with zero attached hydrogens (tertiary/aromatic N) is 4. The van der Waals surface area contributed by atoms with E-state index in [1.54, 1.807) is 16.6 Å². The Morgan fingerprint density at radius 2 is 1.90 bits per heavy atom. The second kappa shape index (κ2) is 7.92. The van der Waals surface area contributed by atoms with Gasteiger partial charge in [-0.3, -0.25) is 4.79 Å². The molecule has 1 aromatic carbocycles. The van der Waals surface area contributed by atoms with Gasteiger partial charge in [0.2, 0.25) is 15.9 Å². The Balaban J connectivity index is 1.74. The monoisotopic (exact) mass is 415 g/mol. The molecule has 0 saturated carbocycles. The maximum absolute atomic E-state index is 12.5. The molecule has 0 aliphatic heterocycles. The van der Waals surface area contributed by atoms with Gasteiger partial charge in [-0.25, -0.2) is 22.2 Å². The number of anilines is 1. The molecule has 0 aliphatic carbocycles. The Labute approximate surface area is 170 Å². The molecule has 2 heterocycles. The quantitative estimate of drug-likeness (QED) is 0.667. The van der Waals surface area contributed by atoms with Crippen molar-refractivity contribution in [3.8, 4) is 0 Å². The van der Waals surface area contributed by atoms with E-state index in [-0.39, 0.29) is 17.2 Å². The van der Waals surface area contributed by atoms with Gasteiger partial charge in [0.15, 0.2) is 5.65 Å². The number of fused-ring (bicyclic) bond motifs is 1. The topological polar surface area (TPSA) is 96.7 Å². The average Bonchev–Trinajstić information content (AvgIpc) is 3.02. The molecule has 29 heavy (non-hydrogen) atoms. The number of rotatable bonds is 6. The first kappa shape index (κ1) is 20.9. The van der Waals surface area contributed by atoms with Gasteiger partial charge in [-0.05, 0) is 51.0 Å². The molecule has 8 nitrogen and oxygen atoms in total. The minimum Gasteiger partial charge on any atom is -0.326 e. The molecule has 1 N–H and O–H groups in total. The molecule has 9 heteroatoms. The van der Waals surface area contributed by atoms with Crippen molar-refractivity contribution in [2.45, 2.75) is 38.5 Å². The molecular weight excluding hydrogens is 390 g/mol. The summed E-state index contributed by atoms with van der Waals surface area (Å²) in [4.78, 5) is 17.2. The molecule has 0 aliphatic rings. The molecule has 0 atom stereocenters. The third kappa shape index (κ3) is 4.30. The van der Waals surface area contributed by atoms with Crippen molar-refractivity contribution >= 4 is 27.3 Å². The number of benzene rings is 1. The molecule has 3 aromatic rings. The highest BCUT2D eigenvalue weighted by atomic mass is 32.2. The number of amides is 1. The highest BCUT2D eigenvalue weighted by molar-refractivity contribution is 7.89. The molecule has 0 saturated heterocycles. The second-order valence-corrected chi connectivity index (χ2v) is 9.33. The van der Waals surface area contributed by atoms with Gasteiger partial charge < -0.3 is 5.32 Å². The number of carbonyl (C=O) groups is 1. The van der Waals surface area contributed by atoms with Crippen LogP contribution >= 0.6 is 0 Å². The lowest BCUT2D eigenvalue weighted by molar-refractivity contribution is -0.116. The van der Waals surface area contributed by atoms with Crippen molar-refractivity contribution in [1.82, 2.24) is 18.9 Å². The van der Waals surface area contributed by atoms with Gasteiger partial charge in [-0.1, -0.05) is 6.07 Å². The Kier molecular flexibility index (Phi) is 5.72. The van der Waals surface area contributed by atoms with Crippen LogP contribution in [0.2, 0.25) is 0 Å². The second-order valence-electron chi connectivity index (χ2n) is 7.18. The summed E-state index contributed by atoms with van der Waals surface area (Å²) in [7, 11) is -0.618. The van der Waals surface area contributed by atoms with Gasteiger partial charge in [0, 0.05) is 43.7 Å². The van der Waals surface area contributed by atoms with E-state index in [0.29, 0.717) is 12.1 Å². The van der Waals surface area contributed by atoms with E-state index >= 15 is 0 Å². The lowest BCUT2D eigenvalue weighted by Crippen LogP contribution is -2.22. The zero-order valence-corrected chi connectivity index (χ0v) is 18.0. The molecule has 0 radical (unpaired) electrons. The summed E-state index contributed by atoms with van der Waals surface area (Å²) in [6, 6.07) is 8.17. The number of hydrogen-bond acceptors (Lipinski definition) is 5. The standard InChI is InChI=1S/C20H25N5O3S/c1-13-11-19-21-14(2)18(15(3)25(19)23-13)9-10-20(26)22-16-7-6-8-17(12-16)29(27,28)24(4)5/h6-8,11-12H,9-10H2,1-5H3,(H,22,26). The summed E-state index contributed by atoms with van der Waals surface area (Å²) >= 11 is 0. The van der Waals surface area contributed by atoms with Crippen LogP contribution in [-0.2, 0) is 21.2 Å². The normalized spacial score (nSPS) is 11.9. The summed E-state index contributed by atoms with van der Waals surface area (Å²) in [6.07, 6.45) is 0.765. The lowest BCUT2D eigenvalue weighted by Gasteiger charge is -2.13. The Morgan fingerprint density at radius 3 is 2.59 bits per heavy atom. The summed E-state index contributed by atoms with van der Waals surface area (Å²) in [5.74, 6) is -0.194. The third-order valence-electron chi connectivity index (χ3n) is 4.78. The smallest absolute Gasteiger partial charge is 0.242 e. The molecule has 0 bridgehead atoms. The Bertz CT molecular complexity index is 1180. The summed E-state index contributed by atoms with van der Waals surface area (Å²) in [6.45, 7) is 5.82.